The first-order valence-corrected chi connectivity index (χ1v) is 4.02. The van der Waals surface area contributed by atoms with E-state index >= 15 is 0 Å². The molecule has 0 fully saturated rings. The van der Waals surface area contributed by atoms with E-state index in [4.69, 9.17) is 4.74 Å². The molecule has 0 bridgehead atoms. The highest BCUT2D eigenvalue weighted by Crippen LogP contribution is 2.17. The summed E-state index contributed by atoms with van der Waals surface area (Å²) in [4.78, 5) is 10.1. The highest BCUT2D eigenvalue weighted by Gasteiger charge is 1.98. The molecule has 0 amide bonds. The normalized spacial score (nSPS) is 9.42. The largest absolute Gasteiger partial charge is 0.486 e. The molecule has 0 N–H and O–H groups in total. The number of carbonyl (C=O) groups is 1. The summed E-state index contributed by atoms with van der Waals surface area (Å²) in [5.74, 6) is 0.812. The monoisotopic (exact) mass is 164 g/mol. The Morgan fingerprint density at radius 2 is 2.17 bits per heavy atom. The minimum atomic E-state index is 0.136. The zero-order valence-electron chi connectivity index (χ0n) is 7.12. The average molecular weight is 164 g/mol. The van der Waals surface area contributed by atoms with Gasteiger partial charge in [-0.05, 0) is 18.1 Å². The highest BCUT2D eigenvalue weighted by atomic mass is 16.5. The molecule has 1 aromatic rings. The molecule has 0 heterocycles. The maximum absolute atomic E-state index is 10.1. The number of ether oxygens (including phenoxy) is 1. The van der Waals surface area contributed by atoms with E-state index in [1.165, 1.54) is 0 Å². The Labute approximate surface area is 72.2 Å². The lowest BCUT2D eigenvalue weighted by Crippen LogP contribution is -1.99. The second kappa shape index (κ2) is 4.54. The molecule has 0 saturated carbocycles. The zero-order valence-corrected chi connectivity index (χ0v) is 7.12. The molecule has 0 atom stereocenters. The van der Waals surface area contributed by atoms with Gasteiger partial charge in [0.1, 0.15) is 12.4 Å². The second-order valence-corrected chi connectivity index (χ2v) is 2.44. The van der Waals surface area contributed by atoms with Gasteiger partial charge in [-0.2, -0.15) is 0 Å². The number of para-hydroxylation sites is 1. The first kappa shape index (κ1) is 8.78. The Hall–Kier alpha value is -1.31. The van der Waals surface area contributed by atoms with Gasteiger partial charge in [-0.25, -0.2) is 0 Å². The third kappa shape index (κ3) is 2.09. The zero-order chi connectivity index (χ0) is 8.81. The predicted octanol–water partition coefficient (Wildman–Crippen LogP) is 1.83. The van der Waals surface area contributed by atoms with Crippen molar-refractivity contribution in [2.75, 3.05) is 6.61 Å². The molecule has 0 aliphatic rings. The Morgan fingerprint density at radius 3 is 2.83 bits per heavy atom. The Kier molecular flexibility index (Phi) is 3.33. The van der Waals surface area contributed by atoms with Crippen LogP contribution in [0, 0.1) is 0 Å². The first-order valence-electron chi connectivity index (χ1n) is 4.02. The summed E-state index contributed by atoms with van der Waals surface area (Å²) in [6, 6.07) is 7.74. The van der Waals surface area contributed by atoms with Gasteiger partial charge in [-0.15, -0.1) is 0 Å². The van der Waals surface area contributed by atoms with Crippen molar-refractivity contribution in [2.45, 2.75) is 13.3 Å². The van der Waals surface area contributed by atoms with Crippen LogP contribution in [0.15, 0.2) is 24.3 Å². The van der Waals surface area contributed by atoms with E-state index in [-0.39, 0.29) is 6.61 Å². The molecule has 0 radical (unpaired) electrons. The van der Waals surface area contributed by atoms with E-state index < -0.39 is 0 Å². The Morgan fingerprint density at radius 1 is 1.42 bits per heavy atom. The summed E-state index contributed by atoms with van der Waals surface area (Å²) in [5, 5.41) is 0. The fraction of sp³-hybridized carbons (Fsp3) is 0.300. The van der Waals surface area contributed by atoms with Crippen LogP contribution in [0.5, 0.6) is 5.75 Å². The van der Waals surface area contributed by atoms with Crippen LogP contribution in [0.4, 0.5) is 0 Å². The summed E-state index contributed by atoms with van der Waals surface area (Å²) in [7, 11) is 0. The smallest absolute Gasteiger partial charge is 0.157 e. The van der Waals surface area contributed by atoms with Crippen molar-refractivity contribution in [1.29, 1.82) is 0 Å². The number of rotatable bonds is 4. The first-order chi connectivity index (χ1) is 5.88. The van der Waals surface area contributed by atoms with E-state index in [9.17, 15) is 4.79 Å². The highest BCUT2D eigenvalue weighted by molar-refractivity contribution is 5.51. The molecular formula is C10H12O2. The van der Waals surface area contributed by atoms with Gasteiger partial charge in [0.2, 0.25) is 0 Å². The van der Waals surface area contributed by atoms with Crippen LogP contribution in [0.25, 0.3) is 0 Å². The molecule has 1 aromatic carbocycles. The molecule has 0 aliphatic heterocycles. The van der Waals surface area contributed by atoms with Crippen molar-refractivity contribution >= 4 is 6.29 Å². The summed E-state index contributed by atoms with van der Waals surface area (Å²) < 4.78 is 5.21. The van der Waals surface area contributed by atoms with Crippen molar-refractivity contribution in [3.63, 3.8) is 0 Å². The van der Waals surface area contributed by atoms with Crippen LogP contribution >= 0.6 is 0 Å². The fourth-order valence-electron chi connectivity index (χ4n) is 1.06. The molecule has 0 saturated heterocycles. The standard InChI is InChI=1S/C10H12O2/c1-2-9-5-3-4-6-10(9)12-8-7-11/h3-7H,2,8H2,1H3. The molecule has 0 unspecified atom stereocenters. The van der Waals surface area contributed by atoms with Crippen LogP contribution in [0.1, 0.15) is 12.5 Å². The van der Waals surface area contributed by atoms with E-state index in [0.717, 1.165) is 24.0 Å². The summed E-state index contributed by atoms with van der Waals surface area (Å²) in [6.07, 6.45) is 1.68. The fourth-order valence-corrected chi connectivity index (χ4v) is 1.06. The van der Waals surface area contributed by atoms with Crippen LogP contribution < -0.4 is 4.74 Å². The minimum absolute atomic E-state index is 0.136. The van der Waals surface area contributed by atoms with Crippen molar-refractivity contribution in [2.24, 2.45) is 0 Å². The number of aryl methyl sites for hydroxylation is 1. The van der Waals surface area contributed by atoms with E-state index in [1.807, 2.05) is 24.3 Å². The van der Waals surface area contributed by atoms with Gasteiger partial charge in [0.25, 0.3) is 0 Å². The molecule has 0 aliphatic carbocycles. The third-order valence-corrected chi connectivity index (χ3v) is 1.66. The molecule has 12 heavy (non-hydrogen) atoms. The molecule has 2 heteroatoms. The van der Waals surface area contributed by atoms with Gasteiger partial charge in [-0.3, -0.25) is 4.79 Å². The molecule has 0 spiro atoms. The Balaban J connectivity index is 2.74. The summed E-state index contributed by atoms with van der Waals surface area (Å²) in [5.41, 5.74) is 1.14. The molecule has 0 aromatic heterocycles. The van der Waals surface area contributed by atoms with Crippen LogP contribution in [0.3, 0.4) is 0 Å². The van der Waals surface area contributed by atoms with E-state index in [2.05, 4.69) is 6.92 Å². The van der Waals surface area contributed by atoms with Gasteiger partial charge in [0, 0.05) is 0 Å². The maximum atomic E-state index is 10.1. The topological polar surface area (TPSA) is 26.3 Å². The number of hydrogen-bond donors (Lipinski definition) is 0. The number of carbonyl (C=O) groups excluding carboxylic acids is 1. The predicted molar refractivity (Wildman–Crippen MR) is 47.4 cm³/mol. The number of benzene rings is 1. The summed E-state index contributed by atoms with van der Waals surface area (Å²) >= 11 is 0. The van der Waals surface area contributed by atoms with Gasteiger partial charge >= 0.3 is 0 Å². The van der Waals surface area contributed by atoms with Crippen molar-refractivity contribution in [3.8, 4) is 5.75 Å². The average Bonchev–Trinajstić information content (AvgIpc) is 2.15. The number of aldehydes is 1. The van der Waals surface area contributed by atoms with Gasteiger partial charge in [0.15, 0.2) is 6.29 Å². The van der Waals surface area contributed by atoms with Crippen molar-refractivity contribution < 1.29 is 9.53 Å². The van der Waals surface area contributed by atoms with Crippen molar-refractivity contribution in [1.82, 2.24) is 0 Å². The van der Waals surface area contributed by atoms with E-state index in [0.29, 0.717) is 0 Å². The van der Waals surface area contributed by atoms with Crippen molar-refractivity contribution in [3.05, 3.63) is 29.8 Å². The van der Waals surface area contributed by atoms with Gasteiger partial charge in [-0.1, -0.05) is 25.1 Å². The van der Waals surface area contributed by atoms with Crippen LogP contribution in [0.2, 0.25) is 0 Å². The Bertz CT molecular complexity index is 256. The molecule has 2 nitrogen and oxygen atoms in total. The van der Waals surface area contributed by atoms with Gasteiger partial charge < -0.3 is 4.74 Å². The SMILES string of the molecule is CCc1ccccc1OCC=O. The maximum Gasteiger partial charge on any atom is 0.157 e. The van der Waals surface area contributed by atoms with Crippen LogP contribution in [-0.2, 0) is 11.2 Å². The lowest BCUT2D eigenvalue weighted by atomic mass is 10.1. The molecule has 64 valence electrons. The molecule has 1 rings (SSSR count). The molecular weight excluding hydrogens is 152 g/mol. The third-order valence-electron chi connectivity index (χ3n) is 1.66. The number of hydrogen-bond acceptors (Lipinski definition) is 2. The lowest BCUT2D eigenvalue weighted by Gasteiger charge is -2.06. The van der Waals surface area contributed by atoms with Gasteiger partial charge in [0.05, 0.1) is 0 Å². The van der Waals surface area contributed by atoms with E-state index in [1.54, 1.807) is 0 Å². The summed E-state index contributed by atoms with van der Waals surface area (Å²) in [6.45, 7) is 2.19. The quantitative estimate of drug-likeness (QED) is 0.634. The lowest BCUT2D eigenvalue weighted by molar-refractivity contribution is -0.109. The second-order valence-electron chi connectivity index (χ2n) is 2.44. The van der Waals surface area contributed by atoms with Crippen LogP contribution in [-0.4, -0.2) is 12.9 Å². The minimum Gasteiger partial charge on any atom is -0.486 e.